The van der Waals surface area contributed by atoms with Gasteiger partial charge in [0.05, 0.1) is 6.20 Å². The molecule has 1 fully saturated rings. The molecule has 0 amide bonds. The van der Waals surface area contributed by atoms with Crippen molar-refractivity contribution < 1.29 is 9.18 Å². The summed E-state index contributed by atoms with van der Waals surface area (Å²) in [7, 11) is 1.95. The molecule has 0 bridgehead atoms. The second-order valence-corrected chi connectivity index (χ2v) is 6.18. The first-order valence-electron chi connectivity index (χ1n) is 8.07. The molecule has 1 aromatic carbocycles. The number of aryl methyl sites for hydroxylation is 1. The van der Waals surface area contributed by atoms with Gasteiger partial charge in [-0.25, -0.2) is 4.39 Å². The number of hydrogen-bond donors (Lipinski definition) is 0. The SMILES string of the molecule is Cc1c([C@H]2CCCN2CCC(=O)c2ccc(F)cc2)cnn1C. The number of halogens is 1. The summed E-state index contributed by atoms with van der Waals surface area (Å²) < 4.78 is 14.8. The van der Waals surface area contributed by atoms with Gasteiger partial charge in [-0.15, -0.1) is 0 Å². The molecule has 5 heteroatoms. The van der Waals surface area contributed by atoms with E-state index in [0.717, 1.165) is 25.9 Å². The molecule has 4 nitrogen and oxygen atoms in total. The van der Waals surface area contributed by atoms with Crippen LogP contribution in [0.15, 0.2) is 30.5 Å². The minimum atomic E-state index is -0.312. The van der Waals surface area contributed by atoms with E-state index in [4.69, 9.17) is 0 Å². The number of carbonyl (C=O) groups excluding carboxylic acids is 1. The topological polar surface area (TPSA) is 38.1 Å². The zero-order valence-corrected chi connectivity index (χ0v) is 13.6. The van der Waals surface area contributed by atoms with Gasteiger partial charge in [-0.05, 0) is 50.6 Å². The number of Topliss-reactive ketones (excluding diaryl/α,β-unsaturated/α-hetero) is 1. The smallest absolute Gasteiger partial charge is 0.164 e. The third-order valence-electron chi connectivity index (χ3n) is 4.79. The van der Waals surface area contributed by atoms with Crippen molar-refractivity contribution in [1.29, 1.82) is 0 Å². The molecule has 0 radical (unpaired) electrons. The molecule has 0 saturated carbocycles. The monoisotopic (exact) mass is 315 g/mol. The number of hydrogen-bond acceptors (Lipinski definition) is 3. The lowest BCUT2D eigenvalue weighted by atomic mass is 10.0. The fraction of sp³-hybridized carbons (Fsp3) is 0.444. The molecule has 2 heterocycles. The predicted molar refractivity (Wildman–Crippen MR) is 86.8 cm³/mol. The first-order valence-corrected chi connectivity index (χ1v) is 8.07. The van der Waals surface area contributed by atoms with Crippen LogP contribution in [0, 0.1) is 12.7 Å². The van der Waals surface area contributed by atoms with Crippen LogP contribution in [-0.4, -0.2) is 33.6 Å². The van der Waals surface area contributed by atoms with Crippen LogP contribution in [0.5, 0.6) is 0 Å². The summed E-state index contributed by atoms with van der Waals surface area (Å²) in [6.45, 7) is 3.83. The molecule has 0 spiro atoms. The molecule has 1 atom stereocenters. The van der Waals surface area contributed by atoms with Crippen LogP contribution in [-0.2, 0) is 7.05 Å². The van der Waals surface area contributed by atoms with Gasteiger partial charge in [0.2, 0.25) is 0 Å². The van der Waals surface area contributed by atoms with Gasteiger partial charge < -0.3 is 0 Å². The zero-order chi connectivity index (χ0) is 16.4. The number of aromatic nitrogens is 2. The molecule has 23 heavy (non-hydrogen) atoms. The van der Waals surface area contributed by atoms with E-state index in [1.807, 2.05) is 17.9 Å². The first kappa shape index (κ1) is 15.9. The zero-order valence-electron chi connectivity index (χ0n) is 13.6. The van der Waals surface area contributed by atoms with Gasteiger partial charge in [0.1, 0.15) is 5.82 Å². The van der Waals surface area contributed by atoms with E-state index in [2.05, 4.69) is 16.9 Å². The van der Waals surface area contributed by atoms with Gasteiger partial charge in [-0.1, -0.05) is 0 Å². The lowest BCUT2D eigenvalue weighted by molar-refractivity contribution is 0.0961. The Kier molecular flexibility index (Phi) is 4.57. The van der Waals surface area contributed by atoms with E-state index in [-0.39, 0.29) is 11.6 Å². The lowest BCUT2D eigenvalue weighted by Crippen LogP contribution is -2.26. The highest BCUT2D eigenvalue weighted by Gasteiger charge is 2.28. The van der Waals surface area contributed by atoms with Gasteiger partial charge in [0.15, 0.2) is 5.78 Å². The average molecular weight is 315 g/mol. The molecular weight excluding hydrogens is 293 g/mol. The maximum atomic E-state index is 12.9. The van der Waals surface area contributed by atoms with Crippen LogP contribution in [0.3, 0.4) is 0 Å². The second kappa shape index (κ2) is 6.62. The van der Waals surface area contributed by atoms with E-state index in [1.54, 1.807) is 12.1 Å². The number of likely N-dealkylation sites (tertiary alicyclic amines) is 1. The maximum Gasteiger partial charge on any atom is 0.164 e. The minimum absolute atomic E-state index is 0.0681. The van der Waals surface area contributed by atoms with Crippen LogP contribution in [0.25, 0.3) is 0 Å². The average Bonchev–Trinajstić information content (AvgIpc) is 3.13. The quantitative estimate of drug-likeness (QED) is 0.795. The van der Waals surface area contributed by atoms with Gasteiger partial charge in [0, 0.05) is 42.9 Å². The van der Waals surface area contributed by atoms with Gasteiger partial charge in [-0.2, -0.15) is 5.10 Å². The summed E-state index contributed by atoms with van der Waals surface area (Å²) in [6, 6.07) is 6.15. The first-order chi connectivity index (χ1) is 11.1. The summed E-state index contributed by atoms with van der Waals surface area (Å²) in [5.41, 5.74) is 3.03. The van der Waals surface area contributed by atoms with Crippen LogP contribution >= 0.6 is 0 Å². The fourth-order valence-corrected chi connectivity index (χ4v) is 3.31. The summed E-state index contributed by atoms with van der Waals surface area (Å²) in [5, 5.41) is 4.33. The number of carbonyl (C=O) groups is 1. The number of ketones is 1. The van der Waals surface area contributed by atoms with Crippen LogP contribution in [0.1, 0.15) is 46.9 Å². The van der Waals surface area contributed by atoms with E-state index >= 15 is 0 Å². The van der Waals surface area contributed by atoms with Crippen LogP contribution in [0.2, 0.25) is 0 Å². The summed E-state index contributed by atoms with van der Waals surface area (Å²) in [5.74, 6) is -0.244. The molecule has 122 valence electrons. The summed E-state index contributed by atoms with van der Waals surface area (Å²) >= 11 is 0. The van der Waals surface area contributed by atoms with Gasteiger partial charge >= 0.3 is 0 Å². The molecule has 0 N–H and O–H groups in total. The van der Waals surface area contributed by atoms with Crippen molar-refractivity contribution in [2.24, 2.45) is 7.05 Å². The molecule has 1 aromatic heterocycles. The van der Waals surface area contributed by atoms with E-state index in [0.29, 0.717) is 18.0 Å². The van der Waals surface area contributed by atoms with Crippen molar-refractivity contribution in [3.05, 3.63) is 53.1 Å². The Hall–Kier alpha value is -2.01. The van der Waals surface area contributed by atoms with Gasteiger partial charge in [-0.3, -0.25) is 14.4 Å². The molecule has 0 aliphatic carbocycles. The molecule has 1 aliphatic heterocycles. The Morgan fingerprint density at radius 1 is 1.35 bits per heavy atom. The lowest BCUT2D eigenvalue weighted by Gasteiger charge is -2.24. The van der Waals surface area contributed by atoms with Crippen molar-refractivity contribution >= 4 is 5.78 Å². The number of nitrogens with zero attached hydrogens (tertiary/aromatic N) is 3. The number of rotatable bonds is 5. The molecule has 2 aromatic rings. The standard InChI is InChI=1S/C18H22FN3O/c1-13-16(12-20-21(13)2)17-4-3-10-22(17)11-9-18(23)14-5-7-15(19)8-6-14/h5-8,12,17H,3-4,9-11H2,1-2H3/t17-/m1/s1. The van der Waals surface area contributed by atoms with Crippen molar-refractivity contribution in [3.63, 3.8) is 0 Å². The largest absolute Gasteiger partial charge is 0.296 e. The highest BCUT2D eigenvalue weighted by atomic mass is 19.1. The molecule has 1 aliphatic rings. The number of benzene rings is 1. The van der Waals surface area contributed by atoms with Crippen molar-refractivity contribution in [2.75, 3.05) is 13.1 Å². The Labute approximate surface area is 135 Å². The highest BCUT2D eigenvalue weighted by molar-refractivity contribution is 5.96. The van der Waals surface area contributed by atoms with E-state index in [1.165, 1.54) is 23.4 Å². The Balaban J connectivity index is 1.64. The fourth-order valence-electron chi connectivity index (χ4n) is 3.31. The van der Waals surface area contributed by atoms with Crippen molar-refractivity contribution in [2.45, 2.75) is 32.2 Å². The van der Waals surface area contributed by atoms with E-state index < -0.39 is 0 Å². The van der Waals surface area contributed by atoms with Crippen molar-refractivity contribution in [1.82, 2.24) is 14.7 Å². The molecule has 1 saturated heterocycles. The molecule has 3 rings (SSSR count). The minimum Gasteiger partial charge on any atom is -0.296 e. The third-order valence-corrected chi connectivity index (χ3v) is 4.79. The third kappa shape index (κ3) is 3.34. The van der Waals surface area contributed by atoms with Gasteiger partial charge in [0.25, 0.3) is 0 Å². The maximum absolute atomic E-state index is 12.9. The second-order valence-electron chi connectivity index (χ2n) is 6.18. The predicted octanol–water partition coefficient (Wildman–Crippen LogP) is 3.28. The normalized spacial score (nSPS) is 18.5. The summed E-state index contributed by atoms with van der Waals surface area (Å²) in [4.78, 5) is 14.6. The highest BCUT2D eigenvalue weighted by Crippen LogP contribution is 2.33. The molecule has 0 unspecified atom stereocenters. The summed E-state index contributed by atoms with van der Waals surface area (Å²) in [6.07, 6.45) is 4.66. The Morgan fingerprint density at radius 3 is 2.74 bits per heavy atom. The van der Waals surface area contributed by atoms with Crippen molar-refractivity contribution in [3.8, 4) is 0 Å². The Bertz CT molecular complexity index is 693. The van der Waals surface area contributed by atoms with Crippen LogP contribution in [0.4, 0.5) is 4.39 Å². The molecular formula is C18H22FN3O. The van der Waals surface area contributed by atoms with Crippen LogP contribution < -0.4 is 0 Å². The Morgan fingerprint density at radius 2 is 2.09 bits per heavy atom. The van der Waals surface area contributed by atoms with E-state index in [9.17, 15) is 9.18 Å².